The molecule has 0 aromatic carbocycles. The van der Waals surface area contributed by atoms with Crippen LogP contribution in [0.15, 0.2) is 0 Å². The van der Waals surface area contributed by atoms with Gasteiger partial charge in [-0.2, -0.15) is 0 Å². The Hall–Kier alpha value is -0.970. The molecule has 13 heavy (non-hydrogen) atoms. The Bertz CT molecular complexity index is 239. The highest BCUT2D eigenvalue weighted by Crippen LogP contribution is 2.45. The van der Waals surface area contributed by atoms with E-state index in [9.17, 15) is 4.79 Å². The zero-order chi connectivity index (χ0) is 9.90. The van der Waals surface area contributed by atoms with Crippen LogP contribution in [0.1, 0.15) is 39.0 Å². The molecule has 0 aromatic rings. The Kier molecular flexibility index (Phi) is 2.98. The van der Waals surface area contributed by atoms with E-state index >= 15 is 0 Å². The number of carbonyl (C=O) groups is 1. The lowest BCUT2D eigenvalue weighted by Crippen LogP contribution is -2.27. The number of aliphatic carboxylic acids is 1. The third-order valence-electron chi connectivity index (χ3n) is 3.06. The van der Waals surface area contributed by atoms with Crippen molar-refractivity contribution < 1.29 is 9.90 Å². The van der Waals surface area contributed by atoms with Crippen LogP contribution < -0.4 is 0 Å². The molecular formula is C11H16O2. The second-order valence-corrected chi connectivity index (χ2v) is 4.14. The van der Waals surface area contributed by atoms with E-state index in [0.717, 1.165) is 19.3 Å². The van der Waals surface area contributed by atoms with Gasteiger partial charge in [0.2, 0.25) is 0 Å². The summed E-state index contributed by atoms with van der Waals surface area (Å²) in [7, 11) is 0. The fourth-order valence-corrected chi connectivity index (χ4v) is 2.23. The third kappa shape index (κ3) is 2.03. The average molecular weight is 180 g/mol. The van der Waals surface area contributed by atoms with Crippen molar-refractivity contribution in [2.24, 2.45) is 11.3 Å². The molecule has 2 unspecified atom stereocenters. The molecule has 1 aliphatic carbocycles. The maximum absolute atomic E-state index is 11.1. The Labute approximate surface area is 79.3 Å². The molecule has 72 valence electrons. The van der Waals surface area contributed by atoms with Gasteiger partial charge in [-0.15, -0.1) is 12.3 Å². The number of rotatable bonds is 3. The summed E-state index contributed by atoms with van der Waals surface area (Å²) in [5.41, 5.74) is -0.508. The molecule has 0 aromatic heterocycles. The summed E-state index contributed by atoms with van der Waals surface area (Å²) in [6, 6.07) is 0. The largest absolute Gasteiger partial charge is 0.481 e. The molecule has 2 atom stereocenters. The van der Waals surface area contributed by atoms with Crippen LogP contribution in [0, 0.1) is 23.7 Å². The van der Waals surface area contributed by atoms with Crippen LogP contribution in [0.25, 0.3) is 0 Å². The molecular weight excluding hydrogens is 164 g/mol. The number of hydrogen-bond donors (Lipinski definition) is 1. The molecule has 0 amide bonds. The molecule has 0 aliphatic heterocycles. The van der Waals surface area contributed by atoms with Crippen molar-refractivity contribution in [3.63, 3.8) is 0 Å². The molecule has 1 rings (SSSR count). The molecule has 0 spiro atoms. The van der Waals surface area contributed by atoms with Crippen molar-refractivity contribution in [3.8, 4) is 12.3 Å². The van der Waals surface area contributed by atoms with E-state index in [-0.39, 0.29) is 0 Å². The Balaban J connectivity index is 2.66. The van der Waals surface area contributed by atoms with Gasteiger partial charge in [-0.05, 0) is 31.6 Å². The Morgan fingerprint density at radius 1 is 1.77 bits per heavy atom. The smallest absolute Gasteiger partial charge is 0.309 e. The molecule has 1 fully saturated rings. The van der Waals surface area contributed by atoms with E-state index < -0.39 is 11.4 Å². The first-order chi connectivity index (χ1) is 6.10. The van der Waals surface area contributed by atoms with Gasteiger partial charge in [0, 0.05) is 6.42 Å². The van der Waals surface area contributed by atoms with Crippen molar-refractivity contribution in [1.29, 1.82) is 0 Å². The van der Waals surface area contributed by atoms with Gasteiger partial charge in [-0.25, -0.2) is 0 Å². The average Bonchev–Trinajstić information content (AvgIpc) is 2.45. The van der Waals surface area contributed by atoms with Crippen molar-refractivity contribution >= 4 is 5.97 Å². The predicted octanol–water partition coefficient (Wildman–Crippen LogP) is 2.29. The van der Waals surface area contributed by atoms with Gasteiger partial charge < -0.3 is 5.11 Å². The van der Waals surface area contributed by atoms with E-state index in [1.54, 1.807) is 0 Å². The zero-order valence-electron chi connectivity index (χ0n) is 8.05. The lowest BCUT2D eigenvalue weighted by molar-refractivity contribution is -0.149. The molecule has 1 saturated carbocycles. The Morgan fingerprint density at radius 3 is 2.85 bits per heavy atom. The molecule has 1 aliphatic rings. The van der Waals surface area contributed by atoms with Crippen LogP contribution in [-0.4, -0.2) is 11.1 Å². The van der Waals surface area contributed by atoms with Gasteiger partial charge in [0.25, 0.3) is 0 Å². The number of hydrogen-bond acceptors (Lipinski definition) is 1. The maximum atomic E-state index is 11.1. The number of carboxylic acids is 1. The summed E-state index contributed by atoms with van der Waals surface area (Å²) >= 11 is 0. The normalized spacial score (nSPS) is 32.8. The summed E-state index contributed by atoms with van der Waals surface area (Å²) in [4.78, 5) is 11.1. The zero-order valence-corrected chi connectivity index (χ0v) is 8.05. The van der Waals surface area contributed by atoms with Crippen LogP contribution in [0.5, 0.6) is 0 Å². The first kappa shape index (κ1) is 10.1. The minimum absolute atomic E-state index is 0.508. The van der Waals surface area contributed by atoms with E-state index in [2.05, 4.69) is 12.8 Å². The summed E-state index contributed by atoms with van der Waals surface area (Å²) in [5, 5.41) is 9.14. The minimum Gasteiger partial charge on any atom is -0.481 e. The second-order valence-electron chi connectivity index (χ2n) is 4.14. The highest BCUT2D eigenvalue weighted by Gasteiger charge is 2.43. The lowest BCUT2D eigenvalue weighted by atomic mass is 9.81. The van der Waals surface area contributed by atoms with Gasteiger partial charge >= 0.3 is 5.97 Å². The van der Waals surface area contributed by atoms with Gasteiger partial charge in [0.1, 0.15) is 0 Å². The molecule has 0 saturated heterocycles. The van der Waals surface area contributed by atoms with Crippen LogP contribution in [0.2, 0.25) is 0 Å². The molecule has 2 heteroatoms. The highest BCUT2D eigenvalue weighted by molar-refractivity contribution is 5.75. The summed E-state index contributed by atoms with van der Waals surface area (Å²) < 4.78 is 0. The molecule has 2 nitrogen and oxygen atoms in total. The van der Waals surface area contributed by atoms with Crippen molar-refractivity contribution in [2.45, 2.75) is 39.0 Å². The fourth-order valence-electron chi connectivity index (χ4n) is 2.23. The monoisotopic (exact) mass is 180 g/mol. The SMILES string of the molecule is C#CCCC1(C(=O)O)CCC(C)C1. The predicted molar refractivity (Wildman–Crippen MR) is 51.2 cm³/mol. The van der Waals surface area contributed by atoms with Crippen molar-refractivity contribution in [2.75, 3.05) is 0 Å². The van der Waals surface area contributed by atoms with E-state index in [1.165, 1.54) is 0 Å². The van der Waals surface area contributed by atoms with Crippen molar-refractivity contribution in [1.82, 2.24) is 0 Å². The van der Waals surface area contributed by atoms with Gasteiger partial charge in [-0.3, -0.25) is 4.79 Å². The fraction of sp³-hybridized carbons (Fsp3) is 0.727. The van der Waals surface area contributed by atoms with Crippen LogP contribution in [0.4, 0.5) is 0 Å². The molecule has 0 heterocycles. The molecule has 1 N–H and O–H groups in total. The van der Waals surface area contributed by atoms with E-state index in [4.69, 9.17) is 11.5 Å². The van der Waals surface area contributed by atoms with E-state index in [1.807, 2.05) is 0 Å². The lowest BCUT2D eigenvalue weighted by Gasteiger charge is -2.22. The number of terminal acetylenes is 1. The first-order valence-electron chi connectivity index (χ1n) is 4.77. The number of carboxylic acid groups (broad SMARTS) is 1. The van der Waals surface area contributed by atoms with Gasteiger partial charge in [-0.1, -0.05) is 6.92 Å². The standard InChI is InChI=1S/C11H16O2/c1-3-4-6-11(10(12)13)7-5-9(2)8-11/h1,9H,4-8H2,2H3,(H,12,13). The summed E-state index contributed by atoms with van der Waals surface area (Å²) in [5.74, 6) is 2.40. The Morgan fingerprint density at radius 2 is 2.46 bits per heavy atom. The summed E-state index contributed by atoms with van der Waals surface area (Å²) in [6.45, 7) is 2.11. The topological polar surface area (TPSA) is 37.3 Å². The quantitative estimate of drug-likeness (QED) is 0.676. The maximum Gasteiger partial charge on any atom is 0.309 e. The minimum atomic E-state index is -0.660. The van der Waals surface area contributed by atoms with Crippen LogP contribution in [0.3, 0.4) is 0 Å². The first-order valence-corrected chi connectivity index (χ1v) is 4.77. The van der Waals surface area contributed by atoms with Gasteiger partial charge in [0.05, 0.1) is 5.41 Å². The van der Waals surface area contributed by atoms with Crippen LogP contribution in [-0.2, 0) is 4.79 Å². The summed E-state index contributed by atoms with van der Waals surface area (Å²) in [6.07, 6.45) is 9.00. The molecule has 0 bridgehead atoms. The second kappa shape index (κ2) is 3.83. The van der Waals surface area contributed by atoms with E-state index in [0.29, 0.717) is 18.8 Å². The third-order valence-corrected chi connectivity index (χ3v) is 3.06. The van der Waals surface area contributed by atoms with Gasteiger partial charge in [0.15, 0.2) is 0 Å². The highest BCUT2D eigenvalue weighted by atomic mass is 16.4. The van der Waals surface area contributed by atoms with Crippen molar-refractivity contribution in [3.05, 3.63) is 0 Å². The van der Waals surface area contributed by atoms with Crippen LogP contribution >= 0.6 is 0 Å². The molecule has 0 radical (unpaired) electrons.